The fourth-order valence-electron chi connectivity index (χ4n) is 2.95. The predicted molar refractivity (Wildman–Crippen MR) is 74.2 cm³/mol. The summed E-state index contributed by atoms with van der Waals surface area (Å²) in [4.78, 5) is 0.327. The normalized spacial score (nSPS) is 26.6. The van der Waals surface area contributed by atoms with Crippen molar-refractivity contribution in [2.45, 2.75) is 24.3 Å². The SMILES string of the molecule is CCOc1ccc(S(=O)(=O)N2CC[C@@H]3COCC32)cc1. The van der Waals surface area contributed by atoms with E-state index in [9.17, 15) is 8.42 Å². The topological polar surface area (TPSA) is 55.8 Å². The molecular formula is C14H19NO4S. The summed E-state index contributed by atoms with van der Waals surface area (Å²) in [6.07, 6.45) is 0.890. The van der Waals surface area contributed by atoms with Crippen LogP contribution in [0.3, 0.4) is 0 Å². The first-order valence-corrected chi connectivity index (χ1v) is 8.39. The maximum absolute atomic E-state index is 12.7. The van der Waals surface area contributed by atoms with E-state index in [0.717, 1.165) is 6.42 Å². The summed E-state index contributed by atoms with van der Waals surface area (Å²) in [6.45, 7) is 4.25. The summed E-state index contributed by atoms with van der Waals surface area (Å²) < 4.78 is 37.7. The van der Waals surface area contributed by atoms with Gasteiger partial charge in [0.1, 0.15) is 5.75 Å². The van der Waals surface area contributed by atoms with Gasteiger partial charge in [-0.2, -0.15) is 4.31 Å². The summed E-state index contributed by atoms with van der Waals surface area (Å²) in [6, 6.07) is 6.64. The lowest BCUT2D eigenvalue weighted by atomic mass is 10.1. The van der Waals surface area contributed by atoms with E-state index >= 15 is 0 Å². The van der Waals surface area contributed by atoms with Gasteiger partial charge >= 0.3 is 0 Å². The summed E-state index contributed by atoms with van der Waals surface area (Å²) in [7, 11) is -3.43. The molecule has 2 aliphatic heterocycles. The number of hydrogen-bond donors (Lipinski definition) is 0. The molecule has 6 heteroatoms. The summed E-state index contributed by atoms with van der Waals surface area (Å²) in [5, 5.41) is 0. The minimum Gasteiger partial charge on any atom is -0.494 e. The van der Waals surface area contributed by atoms with Crippen LogP contribution in [0.15, 0.2) is 29.2 Å². The number of benzene rings is 1. The quantitative estimate of drug-likeness (QED) is 0.845. The fraction of sp³-hybridized carbons (Fsp3) is 0.571. The van der Waals surface area contributed by atoms with E-state index in [0.29, 0.717) is 42.9 Å². The van der Waals surface area contributed by atoms with Crippen molar-refractivity contribution in [1.82, 2.24) is 4.31 Å². The van der Waals surface area contributed by atoms with Crippen molar-refractivity contribution >= 4 is 10.0 Å². The second-order valence-corrected chi connectivity index (χ2v) is 7.06. The molecule has 0 aliphatic carbocycles. The Balaban J connectivity index is 1.84. The molecule has 0 amide bonds. The van der Waals surface area contributed by atoms with Crippen molar-refractivity contribution in [2.75, 3.05) is 26.4 Å². The van der Waals surface area contributed by atoms with Crippen molar-refractivity contribution in [3.05, 3.63) is 24.3 Å². The Kier molecular flexibility index (Phi) is 3.70. The third-order valence-corrected chi connectivity index (χ3v) is 5.93. The molecule has 0 aromatic heterocycles. The van der Waals surface area contributed by atoms with Gasteiger partial charge < -0.3 is 9.47 Å². The zero-order valence-corrected chi connectivity index (χ0v) is 12.3. The third-order valence-electron chi connectivity index (χ3n) is 4.00. The molecule has 2 fully saturated rings. The highest BCUT2D eigenvalue weighted by Crippen LogP contribution is 2.34. The zero-order valence-electron chi connectivity index (χ0n) is 11.5. The van der Waals surface area contributed by atoms with E-state index in [1.165, 1.54) is 0 Å². The first-order valence-electron chi connectivity index (χ1n) is 6.95. The van der Waals surface area contributed by atoms with E-state index in [1.54, 1.807) is 28.6 Å². The largest absolute Gasteiger partial charge is 0.494 e. The Hall–Kier alpha value is -1.11. The average molecular weight is 297 g/mol. The number of fused-ring (bicyclic) bond motifs is 1. The Morgan fingerprint density at radius 1 is 1.30 bits per heavy atom. The molecule has 1 aromatic rings. The molecule has 1 unspecified atom stereocenters. The number of ether oxygens (including phenoxy) is 2. The molecule has 110 valence electrons. The number of rotatable bonds is 4. The van der Waals surface area contributed by atoms with Crippen LogP contribution in [0, 0.1) is 5.92 Å². The molecule has 0 N–H and O–H groups in total. The second kappa shape index (κ2) is 5.35. The second-order valence-electron chi connectivity index (χ2n) is 5.17. The van der Waals surface area contributed by atoms with Crippen molar-refractivity contribution in [3.8, 4) is 5.75 Å². The highest BCUT2D eigenvalue weighted by Gasteiger charge is 2.44. The smallest absolute Gasteiger partial charge is 0.243 e. The fourth-order valence-corrected chi connectivity index (χ4v) is 4.63. The zero-order chi connectivity index (χ0) is 14.2. The van der Waals surface area contributed by atoms with Gasteiger partial charge in [0, 0.05) is 12.5 Å². The first kappa shape index (κ1) is 13.9. The van der Waals surface area contributed by atoms with Gasteiger partial charge in [0.25, 0.3) is 0 Å². The number of nitrogens with zero attached hydrogens (tertiary/aromatic N) is 1. The Morgan fingerprint density at radius 2 is 2.05 bits per heavy atom. The van der Waals surface area contributed by atoms with E-state index in [-0.39, 0.29) is 6.04 Å². The van der Waals surface area contributed by atoms with Crippen LogP contribution in [0.1, 0.15) is 13.3 Å². The lowest BCUT2D eigenvalue weighted by Crippen LogP contribution is -2.38. The van der Waals surface area contributed by atoms with Gasteiger partial charge in [0.05, 0.1) is 30.8 Å². The Labute approximate surface area is 119 Å². The lowest BCUT2D eigenvalue weighted by molar-refractivity contribution is 0.167. The summed E-state index contributed by atoms with van der Waals surface area (Å²) in [5.41, 5.74) is 0. The maximum Gasteiger partial charge on any atom is 0.243 e. The van der Waals surface area contributed by atoms with Crippen LogP contribution in [-0.4, -0.2) is 45.1 Å². The van der Waals surface area contributed by atoms with Crippen LogP contribution in [0.25, 0.3) is 0 Å². The molecule has 0 saturated carbocycles. The summed E-state index contributed by atoms with van der Waals surface area (Å²) >= 11 is 0. The van der Waals surface area contributed by atoms with E-state index in [1.807, 2.05) is 6.92 Å². The number of sulfonamides is 1. The van der Waals surface area contributed by atoms with Crippen LogP contribution in [0.4, 0.5) is 0 Å². The Bertz CT molecular complexity index is 569. The van der Waals surface area contributed by atoms with E-state index in [4.69, 9.17) is 9.47 Å². The first-order chi connectivity index (χ1) is 9.63. The minimum absolute atomic E-state index is 0.00608. The minimum atomic E-state index is -3.43. The van der Waals surface area contributed by atoms with Gasteiger partial charge in [-0.1, -0.05) is 0 Å². The van der Waals surface area contributed by atoms with Gasteiger partial charge in [0.15, 0.2) is 0 Å². The van der Waals surface area contributed by atoms with Crippen LogP contribution >= 0.6 is 0 Å². The standard InChI is InChI=1S/C14H19NO4S/c1-2-19-12-3-5-13(6-4-12)20(16,17)15-8-7-11-9-18-10-14(11)15/h3-6,11,14H,2,7-10H2,1H3/t11-,14?/m1/s1. The monoisotopic (exact) mass is 297 g/mol. The molecule has 2 saturated heterocycles. The molecule has 20 heavy (non-hydrogen) atoms. The van der Waals surface area contributed by atoms with Crippen molar-refractivity contribution in [3.63, 3.8) is 0 Å². The van der Waals surface area contributed by atoms with Gasteiger partial charge in [-0.3, -0.25) is 0 Å². The molecule has 5 nitrogen and oxygen atoms in total. The van der Waals surface area contributed by atoms with Gasteiger partial charge in [-0.05, 0) is 37.6 Å². The van der Waals surface area contributed by atoms with Gasteiger partial charge in [-0.15, -0.1) is 0 Å². The molecule has 2 heterocycles. The molecule has 3 rings (SSSR count). The molecule has 2 aliphatic rings. The van der Waals surface area contributed by atoms with Crippen LogP contribution < -0.4 is 4.74 Å². The van der Waals surface area contributed by atoms with Crippen molar-refractivity contribution < 1.29 is 17.9 Å². The van der Waals surface area contributed by atoms with Gasteiger partial charge in [0.2, 0.25) is 10.0 Å². The molecule has 0 radical (unpaired) electrons. The highest BCUT2D eigenvalue weighted by molar-refractivity contribution is 7.89. The van der Waals surface area contributed by atoms with Crippen LogP contribution in [-0.2, 0) is 14.8 Å². The predicted octanol–water partition coefficient (Wildman–Crippen LogP) is 1.49. The molecule has 0 spiro atoms. The number of hydrogen-bond acceptors (Lipinski definition) is 4. The maximum atomic E-state index is 12.7. The molecule has 2 atom stereocenters. The Morgan fingerprint density at radius 3 is 2.75 bits per heavy atom. The average Bonchev–Trinajstić information content (AvgIpc) is 3.01. The van der Waals surface area contributed by atoms with Crippen LogP contribution in [0.2, 0.25) is 0 Å². The van der Waals surface area contributed by atoms with E-state index in [2.05, 4.69) is 0 Å². The third kappa shape index (κ3) is 2.32. The van der Waals surface area contributed by atoms with Crippen LogP contribution in [0.5, 0.6) is 5.75 Å². The van der Waals surface area contributed by atoms with Crippen molar-refractivity contribution in [1.29, 1.82) is 0 Å². The molecule has 0 bridgehead atoms. The molecular weight excluding hydrogens is 278 g/mol. The highest BCUT2D eigenvalue weighted by atomic mass is 32.2. The molecule has 1 aromatic carbocycles. The van der Waals surface area contributed by atoms with Gasteiger partial charge in [-0.25, -0.2) is 8.42 Å². The summed E-state index contributed by atoms with van der Waals surface area (Å²) in [5.74, 6) is 1.04. The van der Waals surface area contributed by atoms with Crippen molar-refractivity contribution in [2.24, 2.45) is 5.92 Å². The lowest BCUT2D eigenvalue weighted by Gasteiger charge is -2.22. The van der Waals surface area contributed by atoms with E-state index < -0.39 is 10.0 Å².